The van der Waals surface area contributed by atoms with E-state index >= 15 is 0 Å². The molecular formula is C6H4BrIN2O2. The Labute approximate surface area is 91.1 Å². The van der Waals surface area contributed by atoms with E-state index in [1.165, 1.54) is 6.07 Å². The van der Waals surface area contributed by atoms with Crippen LogP contribution in [-0.4, -0.2) is 4.92 Å². The molecule has 0 radical (unpaired) electrons. The number of nitro groups is 1. The maximum atomic E-state index is 10.5. The van der Waals surface area contributed by atoms with Gasteiger partial charge < -0.3 is 3.53 Å². The van der Waals surface area contributed by atoms with Crippen molar-refractivity contribution in [3.05, 3.63) is 32.8 Å². The van der Waals surface area contributed by atoms with E-state index in [2.05, 4.69) is 19.5 Å². The second-order valence-corrected chi connectivity index (χ2v) is 3.47. The molecule has 1 aromatic carbocycles. The molecule has 0 saturated heterocycles. The molecule has 0 atom stereocenters. The lowest BCUT2D eigenvalue weighted by Crippen LogP contribution is -1.92. The lowest BCUT2D eigenvalue weighted by atomic mass is 10.3. The summed E-state index contributed by atoms with van der Waals surface area (Å²) in [5, 5.41) is 10.5. The highest BCUT2D eigenvalue weighted by atomic mass is 127. The molecule has 0 amide bonds. The third kappa shape index (κ3) is 2.07. The first-order valence-electron chi connectivity index (χ1n) is 2.95. The Hall–Kier alpha value is -0.370. The van der Waals surface area contributed by atoms with Crippen LogP contribution in [0.4, 0.5) is 11.4 Å². The second-order valence-electron chi connectivity index (χ2n) is 2.01. The lowest BCUT2D eigenvalue weighted by molar-refractivity contribution is -0.383. The predicted octanol–water partition coefficient (Wildman–Crippen LogP) is 3.12. The van der Waals surface area contributed by atoms with Crippen LogP contribution in [0.1, 0.15) is 0 Å². The molecule has 1 aromatic rings. The van der Waals surface area contributed by atoms with E-state index in [-0.39, 0.29) is 5.69 Å². The zero-order valence-electron chi connectivity index (χ0n) is 5.75. The zero-order valence-corrected chi connectivity index (χ0v) is 9.50. The Morgan fingerprint density at radius 1 is 1.58 bits per heavy atom. The Kier molecular flexibility index (Phi) is 3.27. The zero-order chi connectivity index (χ0) is 9.14. The van der Waals surface area contributed by atoms with Gasteiger partial charge >= 0.3 is 0 Å². The van der Waals surface area contributed by atoms with Crippen LogP contribution in [0.5, 0.6) is 0 Å². The van der Waals surface area contributed by atoms with Crippen LogP contribution in [0.2, 0.25) is 0 Å². The minimum absolute atomic E-state index is 0.0683. The van der Waals surface area contributed by atoms with Crippen LogP contribution < -0.4 is 3.53 Å². The molecule has 0 unspecified atom stereocenters. The van der Waals surface area contributed by atoms with Gasteiger partial charge in [0, 0.05) is 10.5 Å². The molecule has 0 aromatic heterocycles. The Bertz CT molecular complexity index is 318. The van der Waals surface area contributed by atoms with Crippen molar-refractivity contribution in [2.45, 2.75) is 0 Å². The molecule has 0 spiro atoms. The van der Waals surface area contributed by atoms with Gasteiger partial charge in [-0.2, -0.15) is 0 Å². The molecule has 0 aliphatic rings. The molecule has 64 valence electrons. The summed E-state index contributed by atoms with van der Waals surface area (Å²) in [5.74, 6) is 0. The maximum Gasteiger partial charge on any atom is 0.294 e. The summed E-state index contributed by atoms with van der Waals surface area (Å²) < 4.78 is 3.41. The smallest absolute Gasteiger partial charge is 0.294 e. The van der Waals surface area contributed by atoms with E-state index < -0.39 is 4.92 Å². The van der Waals surface area contributed by atoms with Crippen molar-refractivity contribution in [2.24, 2.45) is 0 Å². The summed E-state index contributed by atoms with van der Waals surface area (Å²) in [4.78, 5) is 10.0. The molecule has 4 nitrogen and oxygen atoms in total. The number of hydrogen-bond donors (Lipinski definition) is 1. The molecular weight excluding hydrogens is 339 g/mol. The summed E-state index contributed by atoms with van der Waals surface area (Å²) in [5.41, 5.74) is 0.572. The van der Waals surface area contributed by atoms with Gasteiger partial charge in [-0.15, -0.1) is 0 Å². The normalized spacial score (nSPS) is 9.50. The van der Waals surface area contributed by atoms with Crippen molar-refractivity contribution < 1.29 is 4.92 Å². The van der Waals surface area contributed by atoms with Gasteiger partial charge in [0.2, 0.25) is 0 Å². The SMILES string of the molecule is O=[N+]([O-])c1cc(Br)ccc1NI. The second kappa shape index (κ2) is 4.04. The number of nitrogens with one attached hydrogen (secondary N) is 1. The van der Waals surface area contributed by atoms with Crippen molar-refractivity contribution in [2.75, 3.05) is 3.53 Å². The van der Waals surface area contributed by atoms with E-state index in [4.69, 9.17) is 0 Å². The van der Waals surface area contributed by atoms with Gasteiger partial charge in [-0.1, -0.05) is 15.9 Å². The van der Waals surface area contributed by atoms with Crippen LogP contribution in [0.25, 0.3) is 0 Å². The van der Waals surface area contributed by atoms with Gasteiger partial charge in [-0.25, -0.2) is 0 Å². The summed E-state index contributed by atoms with van der Waals surface area (Å²) in [7, 11) is 0. The van der Waals surface area contributed by atoms with E-state index in [0.29, 0.717) is 10.2 Å². The molecule has 0 aliphatic carbocycles. The molecule has 6 heteroatoms. The average Bonchev–Trinajstić information content (AvgIpc) is 2.04. The number of nitrogens with zero attached hydrogens (tertiary/aromatic N) is 1. The van der Waals surface area contributed by atoms with Crippen LogP contribution >= 0.6 is 38.8 Å². The minimum atomic E-state index is -0.425. The van der Waals surface area contributed by atoms with Gasteiger partial charge in [0.25, 0.3) is 5.69 Å². The number of anilines is 1. The Balaban J connectivity index is 3.21. The highest BCUT2D eigenvalue weighted by Crippen LogP contribution is 2.28. The highest BCUT2D eigenvalue weighted by Gasteiger charge is 2.12. The van der Waals surface area contributed by atoms with E-state index in [0.717, 1.165) is 0 Å². The van der Waals surface area contributed by atoms with Crippen LogP contribution in [0.3, 0.4) is 0 Å². The van der Waals surface area contributed by atoms with Crippen LogP contribution in [0, 0.1) is 10.1 Å². The molecule has 0 heterocycles. The number of nitro benzene ring substituents is 1. The fraction of sp³-hybridized carbons (Fsp3) is 0. The van der Waals surface area contributed by atoms with Gasteiger partial charge in [0.15, 0.2) is 0 Å². The molecule has 0 aliphatic heterocycles. The quantitative estimate of drug-likeness (QED) is 0.389. The van der Waals surface area contributed by atoms with Crippen molar-refractivity contribution in [1.82, 2.24) is 0 Å². The topological polar surface area (TPSA) is 55.2 Å². The summed E-state index contributed by atoms with van der Waals surface area (Å²) >= 11 is 5.01. The number of rotatable bonds is 2. The van der Waals surface area contributed by atoms with Crippen molar-refractivity contribution in [1.29, 1.82) is 0 Å². The average molecular weight is 343 g/mol. The van der Waals surface area contributed by atoms with Crippen molar-refractivity contribution in [3.8, 4) is 0 Å². The lowest BCUT2D eigenvalue weighted by Gasteiger charge is -1.99. The first-order chi connectivity index (χ1) is 5.65. The monoisotopic (exact) mass is 342 g/mol. The standard InChI is InChI=1S/C6H4BrIN2O2/c7-4-1-2-5(9-8)6(3-4)10(11)12/h1-3,9H. The molecule has 12 heavy (non-hydrogen) atoms. The maximum absolute atomic E-state index is 10.5. The molecule has 0 bridgehead atoms. The molecule has 1 rings (SSSR count). The Morgan fingerprint density at radius 2 is 2.25 bits per heavy atom. The minimum Gasteiger partial charge on any atom is -0.323 e. The van der Waals surface area contributed by atoms with E-state index in [9.17, 15) is 10.1 Å². The number of halogens is 2. The Morgan fingerprint density at radius 3 is 2.75 bits per heavy atom. The van der Waals surface area contributed by atoms with Gasteiger partial charge in [-0.05, 0) is 12.1 Å². The van der Waals surface area contributed by atoms with Crippen molar-refractivity contribution in [3.63, 3.8) is 0 Å². The fourth-order valence-electron chi connectivity index (χ4n) is 0.736. The number of benzene rings is 1. The van der Waals surface area contributed by atoms with E-state index in [1.807, 2.05) is 22.9 Å². The van der Waals surface area contributed by atoms with Gasteiger partial charge in [-0.3, -0.25) is 10.1 Å². The third-order valence-electron chi connectivity index (χ3n) is 1.26. The first-order valence-corrected chi connectivity index (χ1v) is 4.83. The third-order valence-corrected chi connectivity index (χ3v) is 2.33. The van der Waals surface area contributed by atoms with Gasteiger partial charge in [0.05, 0.1) is 27.8 Å². The largest absolute Gasteiger partial charge is 0.323 e. The molecule has 0 saturated carbocycles. The predicted molar refractivity (Wildman–Crippen MR) is 58.4 cm³/mol. The summed E-state index contributed by atoms with van der Waals surface area (Å²) in [6.45, 7) is 0. The fourth-order valence-corrected chi connectivity index (χ4v) is 1.54. The highest BCUT2D eigenvalue weighted by molar-refractivity contribution is 14.1. The number of hydrogen-bond acceptors (Lipinski definition) is 3. The van der Waals surface area contributed by atoms with Gasteiger partial charge in [0.1, 0.15) is 5.69 Å². The summed E-state index contributed by atoms with van der Waals surface area (Å²) in [6.07, 6.45) is 0. The molecule has 1 N–H and O–H groups in total. The molecule has 0 fully saturated rings. The first kappa shape index (κ1) is 9.72. The van der Waals surface area contributed by atoms with Crippen molar-refractivity contribution >= 4 is 50.2 Å². The van der Waals surface area contributed by atoms with Crippen LogP contribution in [0.15, 0.2) is 22.7 Å². The van der Waals surface area contributed by atoms with E-state index in [1.54, 1.807) is 12.1 Å². The van der Waals surface area contributed by atoms with Crippen LogP contribution in [-0.2, 0) is 0 Å². The summed E-state index contributed by atoms with van der Waals surface area (Å²) in [6, 6.07) is 4.85.